The van der Waals surface area contributed by atoms with Gasteiger partial charge in [0, 0.05) is 16.9 Å². The van der Waals surface area contributed by atoms with Crippen molar-refractivity contribution in [3.63, 3.8) is 0 Å². The van der Waals surface area contributed by atoms with Gasteiger partial charge in [0.1, 0.15) is 11.7 Å². The molecule has 0 aliphatic carbocycles. The maximum Gasteiger partial charge on any atom is 0.416 e. The Balaban J connectivity index is 1.91. The summed E-state index contributed by atoms with van der Waals surface area (Å²) in [5, 5.41) is 7.18. The maximum absolute atomic E-state index is 14.2. The Labute approximate surface area is 157 Å². The Morgan fingerprint density at radius 3 is 2.50 bits per heavy atom. The molecule has 9 heteroatoms. The summed E-state index contributed by atoms with van der Waals surface area (Å²) in [7, 11) is 0. The first-order valence-corrected chi connectivity index (χ1v) is 8.15. The van der Waals surface area contributed by atoms with Gasteiger partial charge in [-0.3, -0.25) is 4.79 Å². The molecule has 0 spiro atoms. The Bertz CT molecular complexity index is 943. The third kappa shape index (κ3) is 3.98. The minimum atomic E-state index is -4.57. The molecule has 2 aromatic rings. The quantitative estimate of drug-likeness (QED) is 0.691. The molecule has 3 rings (SSSR count). The van der Waals surface area contributed by atoms with Crippen LogP contribution in [0.25, 0.3) is 0 Å². The molecule has 2 aromatic carbocycles. The molecular formula is C19H15F4N3O2. The summed E-state index contributed by atoms with van der Waals surface area (Å²) in [4.78, 5) is 24.6. The number of benzene rings is 2. The van der Waals surface area contributed by atoms with Crippen LogP contribution < -0.4 is 16.0 Å². The lowest BCUT2D eigenvalue weighted by atomic mass is 9.88. The standard InChI is InChI=1S/C19H15F4N3O2/c1-10-15(16(26-18(28)24-10)13-7-2-3-8-14(13)20)17(27)25-12-6-4-5-11(9-12)19(21,22)23/h2-9,15-16H,1H2,(H,25,27)(H2,24,26,28)/t15-,16-/m0/s1. The lowest BCUT2D eigenvalue weighted by Gasteiger charge is -2.34. The van der Waals surface area contributed by atoms with Gasteiger partial charge in [0.05, 0.1) is 11.6 Å². The predicted octanol–water partition coefficient (Wildman–Crippen LogP) is 3.97. The van der Waals surface area contributed by atoms with E-state index in [0.717, 1.165) is 18.2 Å². The number of alkyl halides is 3. The Hall–Kier alpha value is -3.36. The van der Waals surface area contributed by atoms with Crippen molar-refractivity contribution in [3.05, 3.63) is 77.8 Å². The van der Waals surface area contributed by atoms with E-state index in [1.807, 2.05) is 0 Å². The zero-order chi connectivity index (χ0) is 20.5. The number of hydrogen-bond donors (Lipinski definition) is 3. The molecule has 1 saturated heterocycles. The van der Waals surface area contributed by atoms with Gasteiger partial charge >= 0.3 is 12.2 Å². The van der Waals surface area contributed by atoms with E-state index < -0.39 is 41.5 Å². The highest BCUT2D eigenvalue weighted by atomic mass is 19.4. The second-order valence-corrected chi connectivity index (χ2v) is 6.17. The van der Waals surface area contributed by atoms with Crippen molar-refractivity contribution < 1.29 is 27.2 Å². The van der Waals surface area contributed by atoms with Gasteiger partial charge in [0.25, 0.3) is 0 Å². The first kappa shape index (κ1) is 19.4. The molecule has 0 unspecified atom stereocenters. The molecule has 0 radical (unpaired) electrons. The molecule has 146 valence electrons. The van der Waals surface area contributed by atoms with Gasteiger partial charge in [-0.05, 0) is 24.3 Å². The molecular weight excluding hydrogens is 378 g/mol. The minimum absolute atomic E-state index is 0.00137. The van der Waals surface area contributed by atoms with Crippen molar-refractivity contribution in [2.45, 2.75) is 12.2 Å². The van der Waals surface area contributed by atoms with Crippen LogP contribution >= 0.6 is 0 Å². The highest BCUT2D eigenvalue weighted by molar-refractivity contribution is 5.97. The van der Waals surface area contributed by atoms with Crippen LogP contribution in [0.15, 0.2) is 60.8 Å². The summed E-state index contributed by atoms with van der Waals surface area (Å²) < 4.78 is 52.8. The van der Waals surface area contributed by atoms with Gasteiger partial charge in [-0.1, -0.05) is 30.8 Å². The highest BCUT2D eigenvalue weighted by Gasteiger charge is 2.39. The van der Waals surface area contributed by atoms with Crippen LogP contribution in [0.3, 0.4) is 0 Å². The molecule has 0 bridgehead atoms. The second-order valence-electron chi connectivity index (χ2n) is 6.17. The average molecular weight is 393 g/mol. The fraction of sp³-hybridized carbons (Fsp3) is 0.158. The van der Waals surface area contributed by atoms with E-state index in [-0.39, 0.29) is 16.9 Å². The van der Waals surface area contributed by atoms with Crippen molar-refractivity contribution in [3.8, 4) is 0 Å². The lowest BCUT2D eigenvalue weighted by molar-refractivity contribution is -0.137. The molecule has 28 heavy (non-hydrogen) atoms. The second kappa shape index (κ2) is 7.34. The van der Waals surface area contributed by atoms with Crippen LogP contribution in [-0.4, -0.2) is 11.9 Å². The van der Waals surface area contributed by atoms with Crippen molar-refractivity contribution in [2.24, 2.45) is 5.92 Å². The third-order valence-electron chi connectivity index (χ3n) is 4.25. The third-order valence-corrected chi connectivity index (χ3v) is 4.25. The topological polar surface area (TPSA) is 70.2 Å². The van der Waals surface area contributed by atoms with Gasteiger partial charge in [-0.2, -0.15) is 13.2 Å². The molecule has 3 N–H and O–H groups in total. The van der Waals surface area contributed by atoms with Crippen LogP contribution in [-0.2, 0) is 11.0 Å². The van der Waals surface area contributed by atoms with Crippen molar-refractivity contribution in [2.75, 3.05) is 5.32 Å². The van der Waals surface area contributed by atoms with Crippen LogP contribution in [0.2, 0.25) is 0 Å². The van der Waals surface area contributed by atoms with Gasteiger partial charge in [-0.25, -0.2) is 9.18 Å². The number of halogens is 4. The maximum atomic E-state index is 14.2. The smallest absolute Gasteiger partial charge is 0.330 e. The van der Waals surface area contributed by atoms with E-state index in [1.165, 1.54) is 30.3 Å². The highest BCUT2D eigenvalue weighted by Crippen LogP contribution is 2.33. The lowest BCUT2D eigenvalue weighted by Crippen LogP contribution is -2.52. The van der Waals surface area contributed by atoms with Gasteiger partial charge in [0.15, 0.2) is 0 Å². The summed E-state index contributed by atoms with van der Waals surface area (Å²) in [6, 6.07) is 7.94. The summed E-state index contributed by atoms with van der Waals surface area (Å²) in [5.41, 5.74) is -0.953. The summed E-state index contributed by atoms with van der Waals surface area (Å²) in [6.45, 7) is 3.64. The fourth-order valence-electron chi connectivity index (χ4n) is 2.97. The Morgan fingerprint density at radius 2 is 1.82 bits per heavy atom. The normalized spacial score (nSPS) is 19.6. The van der Waals surface area contributed by atoms with Crippen molar-refractivity contribution in [1.29, 1.82) is 0 Å². The Morgan fingerprint density at radius 1 is 1.11 bits per heavy atom. The van der Waals surface area contributed by atoms with Crippen molar-refractivity contribution >= 4 is 17.6 Å². The molecule has 3 amide bonds. The molecule has 1 aliphatic heterocycles. The minimum Gasteiger partial charge on any atom is -0.330 e. The van der Waals surface area contributed by atoms with E-state index in [0.29, 0.717) is 0 Å². The summed E-state index contributed by atoms with van der Waals surface area (Å²) >= 11 is 0. The number of carbonyl (C=O) groups is 2. The molecule has 1 fully saturated rings. The van der Waals surface area contributed by atoms with Gasteiger partial charge in [0.2, 0.25) is 5.91 Å². The zero-order valence-electron chi connectivity index (χ0n) is 14.3. The molecule has 2 atom stereocenters. The number of nitrogens with one attached hydrogen (secondary N) is 3. The number of anilines is 1. The molecule has 1 aliphatic rings. The van der Waals surface area contributed by atoms with Crippen LogP contribution in [0.1, 0.15) is 17.2 Å². The molecule has 0 aromatic heterocycles. The fourth-order valence-corrected chi connectivity index (χ4v) is 2.97. The number of rotatable bonds is 3. The summed E-state index contributed by atoms with van der Waals surface area (Å²) in [5.74, 6) is -2.53. The Kier molecular flexibility index (Phi) is 5.08. The molecule has 0 saturated carbocycles. The largest absolute Gasteiger partial charge is 0.416 e. The van der Waals surface area contributed by atoms with E-state index >= 15 is 0 Å². The van der Waals surface area contributed by atoms with Crippen LogP contribution in [0.5, 0.6) is 0 Å². The molecule has 1 heterocycles. The summed E-state index contributed by atoms with van der Waals surface area (Å²) in [6.07, 6.45) is -4.57. The number of urea groups is 1. The molecule has 5 nitrogen and oxygen atoms in total. The average Bonchev–Trinajstić information content (AvgIpc) is 2.60. The van der Waals surface area contributed by atoms with Gasteiger partial charge in [-0.15, -0.1) is 0 Å². The SMILES string of the molecule is C=C1NC(=O)N[C@@H](c2ccccc2F)[C@H]1C(=O)Nc1cccc(C(F)(F)F)c1. The number of hydrogen-bond acceptors (Lipinski definition) is 2. The van der Waals surface area contributed by atoms with Crippen LogP contribution in [0, 0.1) is 11.7 Å². The van der Waals surface area contributed by atoms with E-state index in [9.17, 15) is 27.2 Å². The van der Waals surface area contributed by atoms with Gasteiger partial charge < -0.3 is 16.0 Å². The van der Waals surface area contributed by atoms with Crippen molar-refractivity contribution in [1.82, 2.24) is 10.6 Å². The van der Waals surface area contributed by atoms with E-state index in [1.54, 1.807) is 0 Å². The first-order valence-electron chi connectivity index (χ1n) is 8.15. The zero-order valence-corrected chi connectivity index (χ0v) is 14.3. The number of carbonyl (C=O) groups excluding carboxylic acids is 2. The first-order chi connectivity index (χ1) is 13.2. The monoisotopic (exact) mass is 393 g/mol. The number of amides is 3. The van der Waals surface area contributed by atoms with E-state index in [2.05, 4.69) is 22.5 Å². The predicted molar refractivity (Wildman–Crippen MR) is 93.5 cm³/mol. The van der Waals surface area contributed by atoms with E-state index in [4.69, 9.17) is 0 Å². The van der Waals surface area contributed by atoms with Crippen LogP contribution in [0.4, 0.5) is 28.0 Å².